The Morgan fingerprint density at radius 1 is 0.683 bits per heavy atom. The summed E-state index contributed by atoms with van der Waals surface area (Å²) in [5.74, 6) is 0. The fourth-order valence-corrected chi connectivity index (χ4v) is 7.11. The number of nitriles is 1. The van der Waals surface area contributed by atoms with Gasteiger partial charge in [-0.3, -0.25) is 0 Å². The van der Waals surface area contributed by atoms with Crippen LogP contribution in [0.15, 0.2) is 95.5 Å². The summed E-state index contributed by atoms with van der Waals surface area (Å²) in [4.78, 5) is 0. The van der Waals surface area contributed by atoms with Gasteiger partial charge in [0.15, 0.2) is 6.20 Å². The molecule has 0 bridgehead atoms. The van der Waals surface area contributed by atoms with Crippen molar-refractivity contribution >= 4 is 21.9 Å². The number of hydrogen-bond acceptors (Lipinski definition) is 2. The number of benzene rings is 4. The van der Waals surface area contributed by atoms with Crippen LogP contribution in [0.2, 0.25) is 0 Å². The highest BCUT2D eigenvalue weighted by Gasteiger charge is 2.41. The molecule has 6 aromatic rings. The fourth-order valence-electron chi connectivity index (χ4n) is 7.11. The molecule has 1 aliphatic rings. The van der Waals surface area contributed by atoms with Gasteiger partial charge < -0.3 is 4.42 Å². The first-order valence-electron chi connectivity index (χ1n) is 14.2. The van der Waals surface area contributed by atoms with Gasteiger partial charge in [-0.1, -0.05) is 76.2 Å². The van der Waals surface area contributed by atoms with Crippen molar-refractivity contribution in [3.05, 3.63) is 125 Å². The Kier molecular flexibility index (Phi) is 5.34. The van der Waals surface area contributed by atoms with E-state index in [-0.39, 0.29) is 10.8 Å². The van der Waals surface area contributed by atoms with Gasteiger partial charge in [0.2, 0.25) is 5.69 Å². The summed E-state index contributed by atoms with van der Waals surface area (Å²) in [6, 6.07) is 32.5. The second-order valence-electron chi connectivity index (χ2n) is 12.5. The van der Waals surface area contributed by atoms with E-state index in [9.17, 15) is 5.26 Å². The van der Waals surface area contributed by atoms with Crippen LogP contribution in [0.5, 0.6) is 0 Å². The molecular formula is C38H33N2O+. The Hall–Kier alpha value is -4.68. The molecule has 2 heterocycles. The maximum absolute atomic E-state index is 10.3. The van der Waals surface area contributed by atoms with E-state index in [0.29, 0.717) is 5.56 Å². The van der Waals surface area contributed by atoms with Crippen molar-refractivity contribution in [2.45, 2.75) is 45.4 Å². The summed E-state index contributed by atoms with van der Waals surface area (Å²) in [5, 5.41) is 12.4. The highest BCUT2D eigenvalue weighted by Crippen LogP contribution is 2.51. The van der Waals surface area contributed by atoms with Crippen LogP contribution in [0.4, 0.5) is 0 Å². The second-order valence-corrected chi connectivity index (χ2v) is 12.5. The minimum atomic E-state index is -0.182. The molecule has 0 radical (unpaired) electrons. The van der Waals surface area contributed by atoms with Gasteiger partial charge in [0.1, 0.15) is 18.2 Å². The Bertz CT molecular complexity index is 2080. The second kappa shape index (κ2) is 8.66. The Morgan fingerprint density at radius 3 is 1.98 bits per heavy atom. The Morgan fingerprint density at radius 2 is 1.29 bits per heavy atom. The predicted octanol–water partition coefficient (Wildman–Crippen LogP) is 8.89. The molecule has 4 aromatic carbocycles. The van der Waals surface area contributed by atoms with Crippen molar-refractivity contribution in [3.8, 4) is 28.5 Å². The van der Waals surface area contributed by atoms with E-state index in [4.69, 9.17) is 4.42 Å². The van der Waals surface area contributed by atoms with Gasteiger partial charge in [-0.25, -0.2) is 4.57 Å². The molecule has 0 fully saturated rings. The molecule has 0 N–H and O–H groups in total. The molecule has 7 rings (SSSR count). The molecular weight excluding hydrogens is 500 g/mol. The molecule has 41 heavy (non-hydrogen) atoms. The molecule has 0 saturated heterocycles. The van der Waals surface area contributed by atoms with Crippen LogP contribution < -0.4 is 4.57 Å². The number of rotatable bonds is 2. The minimum Gasteiger partial charge on any atom is -0.454 e. The highest BCUT2D eigenvalue weighted by atomic mass is 16.3. The van der Waals surface area contributed by atoms with Crippen molar-refractivity contribution in [1.29, 1.82) is 5.26 Å². The van der Waals surface area contributed by atoms with Crippen molar-refractivity contribution in [2.24, 2.45) is 7.05 Å². The Balaban J connectivity index is 1.53. The van der Waals surface area contributed by atoms with E-state index in [1.54, 1.807) is 0 Å². The third-order valence-corrected chi connectivity index (χ3v) is 9.38. The molecule has 2 aromatic heterocycles. The first-order chi connectivity index (χ1) is 19.6. The molecule has 0 atom stereocenters. The summed E-state index contributed by atoms with van der Waals surface area (Å²) >= 11 is 0. The summed E-state index contributed by atoms with van der Waals surface area (Å²) in [6.45, 7) is 11.4. The Labute approximate surface area is 241 Å². The molecule has 3 heteroatoms. The minimum absolute atomic E-state index is 0.124. The van der Waals surface area contributed by atoms with Gasteiger partial charge in [0.05, 0.1) is 17.2 Å². The van der Waals surface area contributed by atoms with Gasteiger partial charge >= 0.3 is 0 Å². The summed E-state index contributed by atoms with van der Waals surface area (Å²) in [6.07, 6.45) is 2.06. The molecule has 0 amide bonds. The van der Waals surface area contributed by atoms with E-state index in [1.165, 1.54) is 22.3 Å². The quantitative estimate of drug-likeness (QED) is 0.209. The average molecular weight is 534 g/mol. The lowest BCUT2D eigenvalue weighted by Gasteiger charge is -2.44. The number of hydrogen-bond donors (Lipinski definition) is 0. The smallest absolute Gasteiger partial charge is 0.216 e. The highest BCUT2D eigenvalue weighted by molar-refractivity contribution is 6.14. The van der Waals surface area contributed by atoms with Crippen molar-refractivity contribution in [1.82, 2.24) is 0 Å². The van der Waals surface area contributed by atoms with Crippen LogP contribution in [0.1, 0.15) is 61.1 Å². The van der Waals surface area contributed by atoms with Gasteiger partial charge in [0.25, 0.3) is 0 Å². The number of nitrogens with zero attached hydrogens (tertiary/aromatic N) is 2. The third kappa shape index (κ3) is 3.47. The van der Waals surface area contributed by atoms with Crippen LogP contribution in [0, 0.1) is 18.3 Å². The van der Waals surface area contributed by atoms with E-state index in [0.717, 1.165) is 49.9 Å². The van der Waals surface area contributed by atoms with Crippen LogP contribution in [-0.4, -0.2) is 0 Å². The van der Waals surface area contributed by atoms with Crippen LogP contribution >= 0.6 is 0 Å². The van der Waals surface area contributed by atoms with E-state index < -0.39 is 0 Å². The zero-order valence-electron chi connectivity index (χ0n) is 24.5. The number of aromatic nitrogens is 1. The van der Waals surface area contributed by atoms with Crippen LogP contribution in [0.3, 0.4) is 0 Å². The lowest BCUT2D eigenvalue weighted by atomic mass is 9.60. The number of furan rings is 1. The summed E-state index contributed by atoms with van der Waals surface area (Å²) < 4.78 is 8.96. The van der Waals surface area contributed by atoms with Gasteiger partial charge in [0, 0.05) is 39.3 Å². The number of fused-ring (bicyclic) bond motifs is 5. The van der Waals surface area contributed by atoms with Gasteiger partial charge in [-0.2, -0.15) is 5.26 Å². The molecule has 200 valence electrons. The zero-order valence-corrected chi connectivity index (χ0v) is 24.5. The van der Waals surface area contributed by atoms with Crippen molar-refractivity contribution < 1.29 is 8.98 Å². The summed E-state index contributed by atoms with van der Waals surface area (Å²) in [5.41, 5.74) is 12.5. The predicted molar refractivity (Wildman–Crippen MR) is 166 cm³/mol. The van der Waals surface area contributed by atoms with Gasteiger partial charge in [-0.15, -0.1) is 0 Å². The maximum Gasteiger partial charge on any atom is 0.216 e. The molecule has 0 spiro atoms. The lowest BCUT2D eigenvalue weighted by Crippen LogP contribution is -2.36. The summed E-state index contributed by atoms with van der Waals surface area (Å²) in [7, 11) is 2.06. The topological polar surface area (TPSA) is 40.8 Å². The lowest BCUT2D eigenvalue weighted by molar-refractivity contribution is -0.660. The van der Waals surface area contributed by atoms with Crippen LogP contribution in [0.25, 0.3) is 44.3 Å². The normalized spacial score (nSPS) is 15.0. The first kappa shape index (κ1) is 25.3. The molecule has 0 aliphatic heterocycles. The SMILES string of the molecule is Cc1ccc2c(oc3c(-c4ccc5c(c4)C(C)(C)c4ccccc4C5(C)C)c(C#N)ccc32)c1-c1cccc[n+]1C. The fraction of sp³-hybridized carbons (Fsp3) is 0.211. The number of pyridine rings is 1. The van der Waals surface area contributed by atoms with Gasteiger partial charge in [-0.05, 0) is 64.6 Å². The van der Waals surface area contributed by atoms with Crippen LogP contribution in [-0.2, 0) is 17.9 Å². The third-order valence-electron chi connectivity index (χ3n) is 9.38. The molecule has 0 unspecified atom stereocenters. The van der Waals surface area contributed by atoms with E-state index >= 15 is 0 Å². The van der Waals surface area contributed by atoms with E-state index in [1.807, 2.05) is 18.2 Å². The van der Waals surface area contributed by atoms with Crippen molar-refractivity contribution in [2.75, 3.05) is 0 Å². The number of aryl methyl sites for hydroxylation is 2. The molecule has 1 aliphatic carbocycles. The molecule has 3 nitrogen and oxygen atoms in total. The monoisotopic (exact) mass is 533 g/mol. The zero-order chi connectivity index (χ0) is 28.7. The first-order valence-corrected chi connectivity index (χ1v) is 14.2. The van der Waals surface area contributed by atoms with E-state index in [2.05, 4.69) is 125 Å². The molecule has 0 saturated carbocycles. The average Bonchev–Trinajstić information content (AvgIpc) is 3.35. The largest absolute Gasteiger partial charge is 0.454 e. The van der Waals surface area contributed by atoms with Crippen molar-refractivity contribution in [3.63, 3.8) is 0 Å². The maximum atomic E-state index is 10.3. The standard InChI is InChI=1S/C38H33N2O/c1-23-14-17-26-27-18-15-25(22-39)34(36(27)41-35(26)33(23)32-13-9-10-20-40(32)6)24-16-19-30-31(21-24)38(4,5)29-12-8-7-11-28(29)37(30,2)3/h7-21H,1-6H3/q+1.